The van der Waals surface area contributed by atoms with E-state index in [2.05, 4.69) is 21.8 Å². The molecule has 1 aliphatic heterocycles. The molecule has 0 aliphatic carbocycles. The van der Waals surface area contributed by atoms with Crippen molar-refractivity contribution in [3.8, 4) is 0 Å². The molecular weight excluding hydrogens is 176 g/mol. The van der Waals surface area contributed by atoms with Gasteiger partial charge in [0.15, 0.2) is 0 Å². The van der Waals surface area contributed by atoms with Crippen LogP contribution in [0.1, 0.15) is 19.2 Å². The number of hydrogen-bond acceptors (Lipinski definition) is 4. The van der Waals surface area contributed by atoms with E-state index < -0.39 is 0 Å². The molecule has 1 fully saturated rings. The molecule has 0 unspecified atom stereocenters. The van der Waals surface area contributed by atoms with E-state index in [1.54, 1.807) is 12.3 Å². The summed E-state index contributed by atoms with van der Waals surface area (Å²) in [4.78, 5) is 10.8. The molecule has 0 saturated carbocycles. The molecule has 1 saturated heterocycles. The highest BCUT2D eigenvalue weighted by Gasteiger charge is 2.19. The van der Waals surface area contributed by atoms with Crippen molar-refractivity contribution in [1.82, 2.24) is 14.9 Å². The van der Waals surface area contributed by atoms with Gasteiger partial charge in [0.1, 0.15) is 11.6 Å². The number of nitrogen functional groups attached to an aromatic ring is 1. The number of anilines is 1. The van der Waals surface area contributed by atoms with Crippen molar-refractivity contribution < 1.29 is 0 Å². The van der Waals surface area contributed by atoms with Crippen molar-refractivity contribution in [1.29, 1.82) is 0 Å². The van der Waals surface area contributed by atoms with Crippen molar-refractivity contribution >= 4 is 5.82 Å². The first-order valence-corrected chi connectivity index (χ1v) is 5.04. The molecule has 0 radical (unpaired) electrons. The Morgan fingerprint density at radius 2 is 2.50 bits per heavy atom. The summed E-state index contributed by atoms with van der Waals surface area (Å²) < 4.78 is 0. The van der Waals surface area contributed by atoms with Gasteiger partial charge < -0.3 is 5.73 Å². The maximum absolute atomic E-state index is 5.59. The molecule has 2 rings (SSSR count). The summed E-state index contributed by atoms with van der Waals surface area (Å²) in [6.07, 6.45) is 3.00. The topological polar surface area (TPSA) is 55.0 Å². The van der Waals surface area contributed by atoms with Gasteiger partial charge in [-0.3, -0.25) is 4.90 Å². The molecular formula is C10H16N4. The molecule has 0 bridgehead atoms. The minimum Gasteiger partial charge on any atom is -0.384 e. The predicted molar refractivity (Wildman–Crippen MR) is 55.5 cm³/mol. The standard InChI is InChI=1S/C10H16N4/c1-8-3-5-14(6-8)7-10-12-4-2-9(11)13-10/h2,4,8H,3,5-7H2,1H3,(H2,11,12,13)/t8-/m1/s1. The van der Waals surface area contributed by atoms with Crippen LogP contribution in [0.3, 0.4) is 0 Å². The largest absolute Gasteiger partial charge is 0.384 e. The van der Waals surface area contributed by atoms with E-state index in [4.69, 9.17) is 5.73 Å². The van der Waals surface area contributed by atoms with E-state index in [0.717, 1.165) is 31.4 Å². The third-order valence-corrected chi connectivity index (χ3v) is 2.60. The third-order valence-electron chi connectivity index (χ3n) is 2.60. The van der Waals surface area contributed by atoms with E-state index in [9.17, 15) is 0 Å². The van der Waals surface area contributed by atoms with Crippen LogP contribution >= 0.6 is 0 Å². The SMILES string of the molecule is C[C@@H]1CCN(Cc2nccc(N)n2)C1. The molecule has 1 atom stereocenters. The number of rotatable bonds is 2. The minimum absolute atomic E-state index is 0.558. The Morgan fingerprint density at radius 3 is 3.14 bits per heavy atom. The van der Waals surface area contributed by atoms with E-state index in [-0.39, 0.29) is 0 Å². The lowest BCUT2D eigenvalue weighted by atomic mass is 10.2. The maximum Gasteiger partial charge on any atom is 0.144 e. The Bertz CT molecular complexity index is 313. The molecule has 0 spiro atoms. The number of nitrogens with zero attached hydrogens (tertiary/aromatic N) is 3. The van der Waals surface area contributed by atoms with Crippen molar-refractivity contribution in [3.63, 3.8) is 0 Å². The number of nitrogens with two attached hydrogens (primary N) is 1. The summed E-state index contributed by atoms with van der Waals surface area (Å²) in [6.45, 7) is 5.41. The summed E-state index contributed by atoms with van der Waals surface area (Å²) in [6, 6.07) is 1.72. The lowest BCUT2D eigenvalue weighted by Crippen LogP contribution is -2.21. The minimum atomic E-state index is 0.558. The van der Waals surface area contributed by atoms with Gasteiger partial charge >= 0.3 is 0 Å². The molecule has 1 aromatic heterocycles. The second-order valence-electron chi connectivity index (χ2n) is 4.03. The molecule has 4 nitrogen and oxygen atoms in total. The maximum atomic E-state index is 5.59. The first kappa shape index (κ1) is 9.40. The molecule has 0 amide bonds. The molecule has 4 heteroatoms. The smallest absolute Gasteiger partial charge is 0.144 e. The Kier molecular flexibility index (Phi) is 2.63. The van der Waals surface area contributed by atoms with E-state index in [1.807, 2.05) is 0 Å². The van der Waals surface area contributed by atoms with Crippen LogP contribution in [0.2, 0.25) is 0 Å². The van der Waals surface area contributed by atoms with Gasteiger partial charge in [0.25, 0.3) is 0 Å². The molecule has 14 heavy (non-hydrogen) atoms. The quantitative estimate of drug-likeness (QED) is 0.756. The highest BCUT2D eigenvalue weighted by molar-refractivity contribution is 5.24. The van der Waals surface area contributed by atoms with Gasteiger partial charge in [-0.25, -0.2) is 9.97 Å². The monoisotopic (exact) mass is 192 g/mol. The first-order valence-electron chi connectivity index (χ1n) is 5.04. The van der Waals surface area contributed by atoms with E-state index in [0.29, 0.717) is 5.82 Å². The summed E-state index contributed by atoms with van der Waals surface area (Å²) in [5.41, 5.74) is 5.59. The van der Waals surface area contributed by atoms with Crippen LogP contribution < -0.4 is 5.73 Å². The number of likely N-dealkylation sites (tertiary alicyclic amines) is 1. The highest BCUT2D eigenvalue weighted by atomic mass is 15.2. The van der Waals surface area contributed by atoms with Crippen LogP contribution in [-0.2, 0) is 6.54 Å². The predicted octanol–water partition coefficient (Wildman–Crippen LogP) is 0.901. The Morgan fingerprint density at radius 1 is 1.64 bits per heavy atom. The average molecular weight is 192 g/mol. The lowest BCUT2D eigenvalue weighted by Gasteiger charge is -2.13. The van der Waals surface area contributed by atoms with Crippen LogP contribution in [0, 0.1) is 5.92 Å². The molecule has 76 valence electrons. The van der Waals surface area contributed by atoms with E-state index >= 15 is 0 Å². The van der Waals surface area contributed by atoms with Crippen molar-refractivity contribution in [2.75, 3.05) is 18.8 Å². The molecule has 1 aliphatic rings. The number of aromatic nitrogens is 2. The fraction of sp³-hybridized carbons (Fsp3) is 0.600. The Hall–Kier alpha value is -1.16. The van der Waals surface area contributed by atoms with Crippen molar-refractivity contribution in [2.24, 2.45) is 5.92 Å². The second kappa shape index (κ2) is 3.92. The fourth-order valence-electron chi connectivity index (χ4n) is 1.86. The molecule has 0 aromatic carbocycles. The molecule has 2 N–H and O–H groups in total. The van der Waals surface area contributed by atoms with Crippen molar-refractivity contribution in [3.05, 3.63) is 18.1 Å². The highest BCUT2D eigenvalue weighted by Crippen LogP contribution is 2.16. The van der Waals surface area contributed by atoms with Crippen LogP contribution in [-0.4, -0.2) is 28.0 Å². The zero-order chi connectivity index (χ0) is 9.97. The third kappa shape index (κ3) is 2.20. The van der Waals surface area contributed by atoms with Crippen LogP contribution in [0.5, 0.6) is 0 Å². The summed E-state index contributed by atoms with van der Waals surface area (Å²) in [7, 11) is 0. The van der Waals surface area contributed by atoms with Crippen LogP contribution in [0.25, 0.3) is 0 Å². The van der Waals surface area contributed by atoms with Gasteiger partial charge in [-0.05, 0) is 24.9 Å². The molecule has 2 heterocycles. The second-order valence-corrected chi connectivity index (χ2v) is 4.03. The van der Waals surface area contributed by atoms with Crippen LogP contribution in [0.4, 0.5) is 5.82 Å². The summed E-state index contributed by atoms with van der Waals surface area (Å²) >= 11 is 0. The first-order chi connectivity index (χ1) is 6.74. The Balaban J connectivity index is 1.97. The Labute approximate surface area is 84.2 Å². The van der Waals surface area contributed by atoms with Gasteiger partial charge in [0.05, 0.1) is 6.54 Å². The van der Waals surface area contributed by atoms with Crippen molar-refractivity contribution in [2.45, 2.75) is 19.9 Å². The van der Waals surface area contributed by atoms with Gasteiger partial charge in [0.2, 0.25) is 0 Å². The molecule has 1 aromatic rings. The zero-order valence-corrected chi connectivity index (χ0v) is 8.48. The van der Waals surface area contributed by atoms with Gasteiger partial charge in [-0.2, -0.15) is 0 Å². The lowest BCUT2D eigenvalue weighted by molar-refractivity contribution is 0.312. The average Bonchev–Trinajstić information content (AvgIpc) is 2.51. The summed E-state index contributed by atoms with van der Waals surface area (Å²) in [5, 5.41) is 0. The van der Waals surface area contributed by atoms with Gasteiger partial charge in [0, 0.05) is 12.7 Å². The van der Waals surface area contributed by atoms with E-state index in [1.165, 1.54) is 6.42 Å². The normalized spacial score (nSPS) is 22.8. The zero-order valence-electron chi connectivity index (χ0n) is 8.48. The van der Waals surface area contributed by atoms with Gasteiger partial charge in [-0.1, -0.05) is 6.92 Å². The van der Waals surface area contributed by atoms with Crippen LogP contribution in [0.15, 0.2) is 12.3 Å². The number of hydrogen-bond donors (Lipinski definition) is 1. The van der Waals surface area contributed by atoms with Gasteiger partial charge in [-0.15, -0.1) is 0 Å². The summed E-state index contributed by atoms with van der Waals surface area (Å²) in [5.74, 6) is 2.19. The fourth-order valence-corrected chi connectivity index (χ4v) is 1.86.